The van der Waals surface area contributed by atoms with Crippen LogP contribution in [0.15, 0.2) is 23.4 Å². The van der Waals surface area contributed by atoms with Gasteiger partial charge in [0.15, 0.2) is 14.9 Å². The van der Waals surface area contributed by atoms with Crippen molar-refractivity contribution in [3.05, 3.63) is 18.3 Å². The fraction of sp³-hybridized carbons (Fsp3) is 0.625. The lowest BCUT2D eigenvalue weighted by Crippen LogP contribution is -2.48. The van der Waals surface area contributed by atoms with Gasteiger partial charge in [-0.2, -0.15) is 0 Å². The van der Waals surface area contributed by atoms with Crippen molar-refractivity contribution >= 4 is 46.2 Å². The molecule has 2 aliphatic carbocycles. The molecule has 142 valence electrons. The zero-order valence-corrected chi connectivity index (χ0v) is 16.5. The van der Waals surface area contributed by atoms with Gasteiger partial charge < -0.3 is 11.1 Å². The van der Waals surface area contributed by atoms with E-state index in [0.717, 1.165) is 31.9 Å². The highest BCUT2D eigenvalue weighted by atomic mass is 35.5. The molecule has 9 heteroatoms. The molecule has 1 heterocycles. The van der Waals surface area contributed by atoms with E-state index in [4.69, 9.17) is 5.73 Å². The number of pyridine rings is 1. The Hall–Kier alpha value is -0.890. The molecule has 1 aromatic heterocycles. The van der Waals surface area contributed by atoms with E-state index < -0.39 is 9.84 Å². The molecule has 6 nitrogen and oxygen atoms in total. The number of carbonyl (C=O) groups is 1. The van der Waals surface area contributed by atoms with Gasteiger partial charge in [0.25, 0.3) is 0 Å². The van der Waals surface area contributed by atoms with Crippen molar-refractivity contribution in [2.24, 2.45) is 23.5 Å². The topological polar surface area (TPSA) is 102 Å². The highest BCUT2D eigenvalue weighted by Gasteiger charge is 2.40. The Labute approximate surface area is 161 Å². The Bertz CT molecular complexity index is 683. The quantitative estimate of drug-likeness (QED) is 0.797. The Kier molecular flexibility index (Phi) is 7.68. The molecular weight excluding hydrogens is 385 g/mol. The number of nitrogens with one attached hydrogen (secondary N) is 1. The molecule has 25 heavy (non-hydrogen) atoms. The van der Waals surface area contributed by atoms with Gasteiger partial charge in [-0.3, -0.25) is 4.79 Å². The number of aromatic nitrogens is 1. The number of nitrogens with zero attached hydrogens (tertiary/aromatic N) is 1. The molecule has 0 spiro atoms. The Morgan fingerprint density at radius 2 is 1.80 bits per heavy atom. The number of hydrogen-bond donors (Lipinski definition) is 2. The van der Waals surface area contributed by atoms with Gasteiger partial charge in [-0.15, -0.1) is 24.8 Å². The summed E-state index contributed by atoms with van der Waals surface area (Å²) >= 11 is 0. The monoisotopic (exact) mass is 409 g/mol. The van der Waals surface area contributed by atoms with Crippen molar-refractivity contribution in [1.82, 2.24) is 4.98 Å². The predicted octanol–water partition coefficient (Wildman–Crippen LogP) is 2.42. The molecule has 2 aliphatic rings. The largest absolute Gasteiger partial charge is 0.327 e. The van der Waals surface area contributed by atoms with E-state index in [-0.39, 0.29) is 47.7 Å². The lowest BCUT2D eigenvalue weighted by molar-refractivity contribution is -0.122. The fourth-order valence-electron chi connectivity index (χ4n) is 3.92. The second kappa shape index (κ2) is 8.66. The summed E-state index contributed by atoms with van der Waals surface area (Å²) in [6, 6.07) is 3.23. The smallest absolute Gasteiger partial charge is 0.227 e. The van der Waals surface area contributed by atoms with Crippen LogP contribution in [0.3, 0.4) is 0 Å². The van der Waals surface area contributed by atoms with Crippen LogP contribution in [-0.2, 0) is 14.6 Å². The van der Waals surface area contributed by atoms with Crippen molar-refractivity contribution in [2.45, 2.75) is 43.2 Å². The third-order valence-electron chi connectivity index (χ3n) is 5.17. The van der Waals surface area contributed by atoms with Crippen LogP contribution in [0, 0.1) is 17.8 Å². The van der Waals surface area contributed by atoms with Gasteiger partial charge in [-0.25, -0.2) is 13.4 Å². The molecule has 2 bridgehead atoms. The van der Waals surface area contributed by atoms with Crippen LogP contribution in [0.4, 0.5) is 5.69 Å². The van der Waals surface area contributed by atoms with Gasteiger partial charge in [-0.1, -0.05) is 6.42 Å². The van der Waals surface area contributed by atoms with Crippen LogP contribution in [0.5, 0.6) is 0 Å². The minimum atomic E-state index is -3.32. The van der Waals surface area contributed by atoms with Crippen molar-refractivity contribution in [3.8, 4) is 0 Å². The number of sulfone groups is 1. The van der Waals surface area contributed by atoms with Crippen molar-refractivity contribution < 1.29 is 13.2 Å². The van der Waals surface area contributed by atoms with Crippen LogP contribution in [0.1, 0.15) is 32.1 Å². The highest BCUT2D eigenvalue weighted by molar-refractivity contribution is 7.90. The summed E-state index contributed by atoms with van der Waals surface area (Å²) in [7, 11) is -3.32. The van der Waals surface area contributed by atoms with E-state index in [1.54, 1.807) is 6.07 Å². The average molecular weight is 410 g/mol. The SMILES string of the molecule is CS(=O)(=O)c1ccc(NC(=O)C2CC3CCCC(C2)C3N)cn1.Cl.Cl. The summed E-state index contributed by atoms with van der Waals surface area (Å²) in [4.78, 5) is 16.4. The third kappa shape index (κ3) is 5.06. The minimum Gasteiger partial charge on any atom is -0.327 e. The van der Waals surface area contributed by atoms with Crippen molar-refractivity contribution in [2.75, 3.05) is 11.6 Å². The fourth-order valence-corrected chi connectivity index (χ4v) is 4.48. The summed E-state index contributed by atoms with van der Waals surface area (Å²) in [5, 5.41) is 2.87. The summed E-state index contributed by atoms with van der Waals surface area (Å²) < 4.78 is 22.8. The normalized spacial score (nSPS) is 28.2. The van der Waals surface area contributed by atoms with E-state index in [1.807, 2.05) is 0 Å². The first-order valence-corrected chi connectivity index (χ1v) is 9.96. The van der Waals surface area contributed by atoms with Gasteiger partial charge in [-0.05, 0) is 49.7 Å². The standard InChI is InChI=1S/C16H23N3O3S.2ClH/c1-23(21,22)14-6-5-13(9-18-14)19-16(20)12-7-10-3-2-4-11(8-12)15(10)17;;/h5-6,9-12,15H,2-4,7-8,17H2,1H3,(H,19,20);2*1H. The van der Waals surface area contributed by atoms with E-state index >= 15 is 0 Å². The molecule has 2 saturated carbocycles. The molecule has 0 radical (unpaired) electrons. The average Bonchev–Trinajstić information content (AvgIpc) is 2.46. The Morgan fingerprint density at radius 3 is 2.28 bits per heavy atom. The van der Waals surface area contributed by atoms with Crippen LogP contribution in [0.25, 0.3) is 0 Å². The van der Waals surface area contributed by atoms with Crippen molar-refractivity contribution in [3.63, 3.8) is 0 Å². The number of amides is 1. The summed E-state index contributed by atoms with van der Waals surface area (Å²) in [5.74, 6) is 0.871. The lowest BCUT2D eigenvalue weighted by atomic mass is 9.65. The first-order chi connectivity index (χ1) is 10.8. The second-order valence-corrected chi connectivity index (χ2v) is 8.81. The molecule has 0 aromatic carbocycles. The number of carbonyl (C=O) groups excluding carboxylic acids is 1. The molecule has 2 unspecified atom stereocenters. The predicted molar refractivity (Wildman–Crippen MR) is 102 cm³/mol. The Balaban J connectivity index is 0.00000156. The number of fused-ring (bicyclic) bond motifs is 2. The minimum absolute atomic E-state index is 0. The third-order valence-corrected chi connectivity index (χ3v) is 6.17. The number of hydrogen-bond acceptors (Lipinski definition) is 5. The van der Waals surface area contributed by atoms with Gasteiger partial charge in [0.2, 0.25) is 5.91 Å². The van der Waals surface area contributed by atoms with Crippen LogP contribution < -0.4 is 11.1 Å². The first-order valence-electron chi connectivity index (χ1n) is 8.07. The van der Waals surface area contributed by atoms with Gasteiger partial charge in [0, 0.05) is 18.2 Å². The first kappa shape index (κ1) is 22.2. The van der Waals surface area contributed by atoms with Gasteiger partial charge >= 0.3 is 0 Å². The van der Waals surface area contributed by atoms with Gasteiger partial charge in [0.05, 0.1) is 11.9 Å². The number of halogens is 2. The van der Waals surface area contributed by atoms with Crippen LogP contribution in [0.2, 0.25) is 0 Å². The maximum Gasteiger partial charge on any atom is 0.227 e. The summed E-state index contributed by atoms with van der Waals surface area (Å²) in [5.41, 5.74) is 6.79. The maximum atomic E-state index is 12.5. The van der Waals surface area contributed by atoms with Crippen LogP contribution >= 0.6 is 24.8 Å². The lowest BCUT2D eigenvalue weighted by Gasteiger charge is -2.43. The van der Waals surface area contributed by atoms with Crippen molar-refractivity contribution in [1.29, 1.82) is 0 Å². The van der Waals surface area contributed by atoms with Gasteiger partial charge in [0.1, 0.15) is 0 Å². The summed E-state index contributed by atoms with van der Waals surface area (Å²) in [6.07, 6.45) is 7.64. The zero-order chi connectivity index (χ0) is 16.6. The highest BCUT2D eigenvalue weighted by Crippen LogP contribution is 2.42. The molecule has 0 aliphatic heterocycles. The molecule has 0 saturated heterocycles. The number of rotatable bonds is 3. The zero-order valence-electron chi connectivity index (χ0n) is 14.1. The number of anilines is 1. The molecule has 2 atom stereocenters. The van der Waals surface area contributed by atoms with E-state index in [9.17, 15) is 13.2 Å². The molecule has 1 amide bonds. The number of nitrogens with two attached hydrogens (primary N) is 1. The molecular formula is C16H25Cl2N3O3S. The second-order valence-electron chi connectivity index (χ2n) is 6.84. The molecule has 3 rings (SSSR count). The Morgan fingerprint density at radius 1 is 1.20 bits per heavy atom. The van der Waals surface area contributed by atoms with Crippen LogP contribution in [-0.4, -0.2) is 31.6 Å². The van der Waals surface area contributed by atoms with E-state index in [2.05, 4.69) is 10.3 Å². The molecule has 2 fully saturated rings. The molecule has 3 N–H and O–H groups in total. The summed E-state index contributed by atoms with van der Waals surface area (Å²) in [6.45, 7) is 0. The van der Waals surface area contributed by atoms with E-state index in [1.165, 1.54) is 18.7 Å². The molecule has 1 aromatic rings. The van der Waals surface area contributed by atoms with E-state index in [0.29, 0.717) is 17.5 Å². The maximum absolute atomic E-state index is 12.5.